The highest BCUT2D eigenvalue weighted by Crippen LogP contribution is 2.23. The first kappa shape index (κ1) is 18.3. The average Bonchev–Trinajstić information content (AvgIpc) is 3.31. The van der Waals surface area contributed by atoms with Crippen molar-refractivity contribution < 1.29 is 4.79 Å². The molecular formula is C20H24N4OS. The van der Waals surface area contributed by atoms with Gasteiger partial charge in [0.1, 0.15) is 5.82 Å². The lowest BCUT2D eigenvalue weighted by molar-refractivity contribution is -0.119. The summed E-state index contributed by atoms with van der Waals surface area (Å²) in [6.45, 7) is 4.09. The fraction of sp³-hybridized carbons (Fsp3) is 0.300. The topological polar surface area (TPSA) is 51.9 Å². The lowest BCUT2D eigenvalue weighted by atomic mass is 10.3. The first-order valence-corrected chi connectivity index (χ1v) is 9.97. The number of nitrogens with zero attached hydrogens (tertiary/aromatic N) is 3. The number of carbonyl (C=O) groups is 1. The molecule has 2 aromatic heterocycles. The van der Waals surface area contributed by atoms with E-state index in [1.165, 1.54) is 0 Å². The van der Waals surface area contributed by atoms with E-state index in [9.17, 15) is 4.79 Å². The molecule has 1 unspecified atom stereocenters. The monoisotopic (exact) mass is 368 g/mol. The molecule has 0 aliphatic carbocycles. The van der Waals surface area contributed by atoms with Crippen LogP contribution in [-0.2, 0) is 10.5 Å². The second kappa shape index (κ2) is 8.76. The molecule has 26 heavy (non-hydrogen) atoms. The molecule has 1 amide bonds. The molecule has 3 aromatic rings. The molecule has 2 heterocycles. The van der Waals surface area contributed by atoms with Gasteiger partial charge in [0.2, 0.25) is 5.91 Å². The largest absolute Gasteiger partial charge is 0.353 e. The Bertz CT molecular complexity index is 827. The number of benzene rings is 1. The first-order chi connectivity index (χ1) is 12.7. The number of thioether (sulfide) groups is 1. The van der Waals surface area contributed by atoms with Gasteiger partial charge in [-0.05, 0) is 37.6 Å². The van der Waals surface area contributed by atoms with Crippen LogP contribution < -0.4 is 5.32 Å². The zero-order valence-electron chi connectivity index (χ0n) is 15.1. The third-order valence-electron chi connectivity index (χ3n) is 4.18. The van der Waals surface area contributed by atoms with Gasteiger partial charge in [0.25, 0.3) is 0 Å². The molecule has 0 aliphatic heterocycles. The molecule has 1 aromatic carbocycles. The Morgan fingerprint density at radius 2 is 1.92 bits per heavy atom. The van der Waals surface area contributed by atoms with Crippen LogP contribution in [0.4, 0.5) is 0 Å². The summed E-state index contributed by atoms with van der Waals surface area (Å²) in [5.41, 5.74) is 2.12. The first-order valence-electron chi connectivity index (χ1n) is 8.81. The second-order valence-corrected chi connectivity index (χ2v) is 7.19. The van der Waals surface area contributed by atoms with E-state index >= 15 is 0 Å². The van der Waals surface area contributed by atoms with Crippen molar-refractivity contribution in [2.75, 3.05) is 5.75 Å². The van der Waals surface area contributed by atoms with E-state index in [1.807, 2.05) is 72.7 Å². The standard InChI is InChI=1S/C20H24N4OS/c1-3-16(2)22-19(25)15-26-14-17-13-21-24(18-9-5-4-6-10-18)20(17)23-11-7-8-12-23/h4-13,16H,3,14-15H2,1-2H3,(H,22,25). The summed E-state index contributed by atoms with van der Waals surface area (Å²) < 4.78 is 4.00. The second-order valence-electron chi connectivity index (χ2n) is 6.20. The molecule has 136 valence electrons. The van der Waals surface area contributed by atoms with Gasteiger partial charge in [0, 0.05) is 29.8 Å². The summed E-state index contributed by atoms with van der Waals surface area (Å²) in [6, 6.07) is 14.3. The molecule has 0 fully saturated rings. The molecule has 5 nitrogen and oxygen atoms in total. The fourth-order valence-corrected chi connectivity index (χ4v) is 3.45. The van der Waals surface area contributed by atoms with Crippen molar-refractivity contribution in [1.29, 1.82) is 0 Å². The van der Waals surface area contributed by atoms with Gasteiger partial charge in [-0.15, -0.1) is 11.8 Å². The van der Waals surface area contributed by atoms with E-state index in [0.29, 0.717) is 5.75 Å². The van der Waals surface area contributed by atoms with Crippen molar-refractivity contribution in [3.05, 3.63) is 66.6 Å². The van der Waals surface area contributed by atoms with Crippen molar-refractivity contribution in [2.24, 2.45) is 0 Å². The predicted molar refractivity (Wildman–Crippen MR) is 107 cm³/mol. The highest BCUT2D eigenvalue weighted by atomic mass is 32.2. The lowest BCUT2D eigenvalue weighted by Crippen LogP contribution is -2.33. The Morgan fingerprint density at radius 3 is 2.62 bits per heavy atom. The van der Waals surface area contributed by atoms with Crippen molar-refractivity contribution in [3.63, 3.8) is 0 Å². The Labute approximate surface area is 158 Å². The third kappa shape index (κ3) is 4.38. The predicted octanol–water partition coefficient (Wildman–Crippen LogP) is 3.81. The Balaban J connectivity index is 1.76. The summed E-state index contributed by atoms with van der Waals surface area (Å²) in [5, 5.41) is 7.59. The Morgan fingerprint density at radius 1 is 1.19 bits per heavy atom. The molecule has 1 atom stereocenters. The van der Waals surface area contributed by atoms with Crippen LogP contribution in [0.25, 0.3) is 11.5 Å². The molecule has 6 heteroatoms. The molecule has 0 aliphatic rings. The van der Waals surface area contributed by atoms with Crippen molar-refractivity contribution in [1.82, 2.24) is 19.7 Å². The Kier molecular flexibility index (Phi) is 6.17. The number of hydrogen-bond acceptors (Lipinski definition) is 3. The zero-order valence-corrected chi connectivity index (χ0v) is 15.9. The van der Waals surface area contributed by atoms with Crippen LogP contribution in [0.5, 0.6) is 0 Å². The number of para-hydroxylation sites is 1. The molecular weight excluding hydrogens is 344 g/mol. The van der Waals surface area contributed by atoms with Gasteiger partial charge in [-0.1, -0.05) is 25.1 Å². The van der Waals surface area contributed by atoms with Gasteiger partial charge in [-0.3, -0.25) is 4.79 Å². The molecule has 0 saturated heterocycles. The molecule has 1 N–H and O–H groups in total. The summed E-state index contributed by atoms with van der Waals surface area (Å²) in [5.74, 6) is 2.28. The van der Waals surface area contributed by atoms with Gasteiger partial charge in [-0.2, -0.15) is 5.10 Å². The van der Waals surface area contributed by atoms with Gasteiger partial charge < -0.3 is 9.88 Å². The van der Waals surface area contributed by atoms with Gasteiger partial charge in [0.15, 0.2) is 0 Å². The minimum atomic E-state index is 0.0855. The van der Waals surface area contributed by atoms with E-state index in [4.69, 9.17) is 0 Å². The van der Waals surface area contributed by atoms with Crippen molar-refractivity contribution in [2.45, 2.75) is 32.1 Å². The molecule has 0 bridgehead atoms. The minimum absolute atomic E-state index is 0.0855. The van der Waals surface area contributed by atoms with E-state index in [1.54, 1.807) is 11.8 Å². The summed E-state index contributed by atoms with van der Waals surface area (Å²) in [7, 11) is 0. The van der Waals surface area contributed by atoms with Crippen LogP contribution in [-0.4, -0.2) is 32.0 Å². The smallest absolute Gasteiger partial charge is 0.230 e. The third-order valence-corrected chi connectivity index (χ3v) is 5.16. The maximum absolute atomic E-state index is 12.0. The highest BCUT2D eigenvalue weighted by molar-refractivity contribution is 7.99. The van der Waals surface area contributed by atoms with Gasteiger partial charge >= 0.3 is 0 Å². The van der Waals surface area contributed by atoms with Crippen LogP contribution in [0.1, 0.15) is 25.8 Å². The normalized spacial score (nSPS) is 12.1. The van der Waals surface area contributed by atoms with E-state index in [2.05, 4.69) is 21.9 Å². The fourth-order valence-electron chi connectivity index (χ4n) is 2.66. The van der Waals surface area contributed by atoms with Crippen LogP contribution in [0.2, 0.25) is 0 Å². The molecule has 0 radical (unpaired) electrons. The van der Waals surface area contributed by atoms with Crippen LogP contribution in [0.15, 0.2) is 61.1 Å². The maximum Gasteiger partial charge on any atom is 0.230 e. The number of amides is 1. The van der Waals surface area contributed by atoms with Crippen LogP contribution in [0.3, 0.4) is 0 Å². The van der Waals surface area contributed by atoms with Gasteiger partial charge in [-0.25, -0.2) is 4.68 Å². The molecule has 0 spiro atoms. The van der Waals surface area contributed by atoms with E-state index in [-0.39, 0.29) is 11.9 Å². The minimum Gasteiger partial charge on any atom is -0.353 e. The quantitative estimate of drug-likeness (QED) is 0.658. The molecule has 3 rings (SSSR count). The van der Waals surface area contributed by atoms with Crippen molar-refractivity contribution in [3.8, 4) is 11.5 Å². The maximum atomic E-state index is 12.0. The zero-order chi connectivity index (χ0) is 18.4. The summed E-state index contributed by atoms with van der Waals surface area (Å²) in [4.78, 5) is 12.0. The SMILES string of the molecule is CCC(C)NC(=O)CSCc1cnn(-c2ccccc2)c1-n1cccc1. The lowest BCUT2D eigenvalue weighted by Gasteiger charge is -2.12. The van der Waals surface area contributed by atoms with E-state index < -0.39 is 0 Å². The average molecular weight is 369 g/mol. The van der Waals surface area contributed by atoms with Gasteiger partial charge in [0.05, 0.1) is 17.6 Å². The summed E-state index contributed by atoms with van der Waals surface area (Å²) >= 11 is 1.61. The number of hydrogen-bond donors (Lipinski definition) is 1. The summed E-state index contributed by atoms with van der Waals surface area (Å²) in [6.07, 6.45) is 6.86. The molecule has 0 saturated carbocycles. The van der Waals surface area contributed by atoms with Crippen molar-refractivity contribution >= 4 is 17.7 Å². The number of nitrogens with one attached hydrogen (secondary N) is 1. The number of carbonyl (C=O) groups excluding carboxylic acids is 1. The Hall–Kier alpha value is -2.47. The number of aromatic nitrogens is 3. The van der Waals surface area contributed by atoms with Crippen LogP contribution >= 0.6 is 11.8 Å². The van der Waals surface area contributed by atoms with E-state index in [0.717, 1.165) is 29.2 Å². The highest BCUT2D eigenvalue weighted by Gasteiger charge is 2.14. The number of rotatable bonds is 8. The van der Waals surface area contributed by atoms with Crippen LogP contribution in [0, 0.1) is 0 Å².